The molecule has 0 aliphatic rings. The molecule has 1 rings (SSSR count). The molecule has 0 N–H and O–H groups in total. The number of hydrogen-bond acceptors (Lipinski definition) is 0. The molecule has 1 aromatic carbocycles. The fraction of sp³-hybridized carbons (Fsp3) is 0. The SMILES string of the molecule is [2H]c1cc(Cl)c(Cl)c([2H])c1Br. The zero-order valence-corrected chi connectivity index (χ0v) is 7.31. The lowest BCUT2D eigenvalue weighted by Crippen LogP contribution is -1.66. The van der Waals surface area contributed by atoms with Crippen molar-refractivity contribution in [1.29, 1.82) is 0 Å². The summed E-state index contributed by atoms with van der Waals surface area (Å²) in [5, 5.41) is 0.416. The van der Waals surface area contributed by atoms with Gasteiger partial charge in [0.25, 0.3) is 0 Å². The highest BCUT2D eigenvalue weighted by Gasteiger charge is 1.94. The second-order valence-corrected chi connectivity index (χ2v) is 2.97. The third-order valence-corrected chi connectivity index (χ3v) is 1.87. The van der Waals surface area contributed by atoms with Crippen molar-refractivity contribution in [2.45, 2.75) is 0 Å². The molecule has 9 heavy (non-hydrogen) atoms. The molecule has 1 aromatic rings. The molecule has 0 fully saturated rings. The van der Waals surface area contributed by atoms with Crippen molar-refractivity contribution in [3.8, 4) is 0 Å². The van der Waals surface area contributed by atoms with Crippen molar-refractivity contribution >= 4 is 39.1 Å². The Kier molecular flexibility index (Phi) is 1.62. The molecule has 0 saturated carbocycles. The first kappa shape index (κ1) is 5.00. The number of hydrogen-bond donors (Lipinski definition) is 0. The van der Waals surface area contributed by atoms with Crippen molar-refractivity contribution in [3.63, 3.8) is 0 Å². The van der Waals surface area contributed by atoms with Gasteiger partial charge in [-0.25, -0.2) is 0 Å². The van der Waals surface area contributed by atoms with E-state index in [1.807, 2.05) is 0 Å². The van der Waals surface area contributed by atoms with Crippen molar-refractivity contribution in [2.75, 3.05) is 0 Å². The summed E-state index contributed by atoms with van der Waals surface area (Å²) in [6, 6.07) is 1.63. The zero-order chi connectivity index (χ0) is 8.59. The van der Waals surface area contributed by atoms with Crippen LogP contribution in [-0.4, -0.2) is 0 Å². The molecule has 0 aliphatic heterocycles. The van der Waals surface area contributed by atoms with E-state index in [2.05, 4.69) is 15.9 Å². The summed E-state index contributed by atoms with van der Waals surface area (Å²) < 4.78 is 15.0. The fourth-order valence-corrected chi connectivity index (χ4v) is 1.06. The van der Waals surface area contributed by atoms with Gasteiger partial charge in [0, 0.05) is 4.47 Å². The molecule has 0 aliphatic carbocycles. The molecular weight excluding hydrogens is 223 g/mol. The molecule has 3 heteroatoms. The molecule has 0 amide bonds. The van der Waals surface area contributed by atoms with Gasteiger partial charge in [0.15, 0.2) is 0 Å². The summed E-state index contributed by atoms with van der Waals surface area (Å²) in [4.78, 5) is 0. The molecule has 0 radical (unpaired) electrons. The van der Waals surface area contributed by atoms with Gasteiger partial charge < -0.3 is 0 Å². The van der Waals surface area contributed by atoms with Crippen LogP contribution in [0.5, 0.6) is 0 Å². The van der Waals surface area contributed by atoms with Gasteiger partial charge in [0.2, 0.25) is 0 Å². The minimum atomic E-state index is 0.0594. The van der Waals surface area contributed by atoms with E-state index in [0.29, 0.717) is 4.47 Å². The number of benzene rings is 1. The van der Waals surface area contributed by atoms with E-state index in [4.69, 9.17) is 25.9 Å². The predicted molar refractivity (Wildman–Crippen MR) is 44.2 cm³/mol. The Morgan fingerprint density at radius 1 is 1.44 bits per heavy atom. The van der Waals surface area contributed by atoms with Crippen LogP contribution in [0.25, 0.3) is 0 Å². The second kappa shape index (κ2) is 2.91. The molecule has 0 heterocycles. The highest BCUT2D eigenvalue weighted by atomic mass is 79.9. The maximum absolute atomic E-state index is 7.34. The average Bonchev–Trinajstić information content (AvgIpc) is 1.97. The summed E-state index contributed by atoms with van der Waals surface area (Å²) in [7, 11) is 0. The van der Waals surface area contributed by atoms with Crippen LogP contribution in [0.2, 0.25) is 10.0 Å². The monoisotopic (exact) mass is 226 g/mol. The number of rotatable bonds is 0. The van der Waals surface area contributed by atoms with Gasteiger partial charge in [-0.15, -0.1) is 0 Å². The van der Waals surface area contributed by atoms with E-state index in [9.17, 15) is 0 Å². The van der Waals surface area contributed by atoms with Crippen molar-refractivity contribution in [3.05, 3.63) is 32.7 Å². The van der Waals surface area contributed by atoms with E-state index in [-0.39, 0.29) is 22.1 Å². The fourth-order valence-electron chi connectivity index (χ4n) is 0.382. The first-order chi connectivity index (χ1) is 5.04. The Hall–Kier alpha value is 0.280. The lowest BCUT2D eigenvalue weighted by molar-refractivity contribution is 1.65. The maximum atomic E-state index is 7.34. The predicted octanol–water partition coefficient (Wildman–Crippen LogP) is 3.76. The first-order valence-corrected chi connectivity index (χ1v) is 3.69. The van der Waals surface area contributed by atoms with Gasteiger partial charge in [-0.1, -0.05) is 39.1 Å². The van der Waals surface area contributed by atoms with Crippen LogP contribution in [0.3, 0.4) is 0 Å². The van der Waals surface area contributed by atoms with Crippen LogP contribution in [0, 0.1) is 0 Å². The molecule has 0 spiro atoms. The normalized spacial score (nSPS) is 12.8. The van der Waals surface area contributed by atoms with E-state index < -0.39 is 0 Å². The van der Waals surface area contributed by atoms with Crippen LogP contribution in [0.15, 0.2) is 22.6 Å². The quantitative estimate of drug-likeness (QED) is 0.593. The van der Waals surface area contributed by atoms with Gasteiger partial charge >= 0.3 is 0 Å². The van der Waals surface area contributed by atoms with E-state index in [1.165, 1.54) is 6.07 Å². The van der Waals surface area contributed by atoms with Gasteiger partial charge in [-0.05, 0) is 18.2 Å². The van der Waals surface area contributed by atoms with Crippen LogP contribution < -0.4 is 0 Å². The Balaban J connectivity index is 3.46. The molecule has 0 bridgehead atoms. The Bertz CT molecular complexity index is 275. The van der Waals surface area contributed by atoms with Crippen LogP contribution >= 0.6 is 39.1 Å². The van der Waals surface area contributed by atoms with E-state index >= 15 is 0 Å². The summed E-state index contributed by atoms with van der Waals surface area (Å²) in [5.74, 6) is 0. The van der Waals surface area contributed by atoms with Crippen LogP contribution in [-0.2, 0) is 0 Å². The van der Waals surface area contributed by atoms with E-state index in [1.54, 1.807) is 0 Å². The smallest absolute Gasteiger partial charge is 0.0651 e. The standard InChI is InChI=1S/C6H3BrCl2/c7-4-1-2-5(8)6(9)3-4/h1-3H/i1D,3D. The molecule has 48 valence electrons. The minimum Gasteiger partial charge on any atom is -0.0827 e. The Morgan fingerprint density at radius 2 is 2.11 bits per heavy atom. The van der Waals surface area contributed by atoms with Crippen molar-refractivity contribution in [1.82, 2.24) is 0 Å². The molecule has 0 aromatic heterocycles. The summed E-state index contributed by atoms with van der Waals surface area (Å²) in [5.41, 5.74) is 0. The van der Waals surface area contributed by atoms with Crippen molar-refractivity contribution < 1.29 is 2.74 Å². The molecule has 0 nitrogen and oxygen atoms in total. The maximum Gasteiger partial charge on any atom is 0.0651 e. The molecule has 0 atom stereocenters. The van der Waals surface area contributed by atoms with Gasteiger partial charge in [0.1, 0.15) is 0 Å². The highest BCUT2D eigenvalue weighted by molar-refractivity contribution is 9.10. The van der Waals surface area contributed by atoms with Crippen LogP contribution in [0.1, 0.15) is 2.74 Å². The first-order valence-electron chi connectivity index (χ1n) is 3.14. The summed E-state index contributed by atoms with van der Waals surface area (Å²) in [6.45, 7) is 0. The zero-order valence-electron chi connectivity index (χ0n) is 6.21. The largest absolute Gasteiger partial charge is 0.0827 e. The van der Waals surface area contributed by atoms with Gasteiger partial charge in [0.05, 0.1) is 12.8 Å². The van der Waals surface area contributed by atoms with Gasteiger partial charge in [-0.2, -0.15) is 0 Å². The second-order valence-electron chi connectivity index (χ2n) is 1.39. The van der Waals surface area contributed by atoms with E-state index in [0.717, 1.165) is 0 Å². The Morgan fingerprint density at radius 3 is 2.78 bits per heavy atom. The van der Waals surface area contributed by atoms with Crippen LogP contribution in [0.4, 0.5) is 0 Å². The third-order valence-electron chi connectivity index (χ3n) is 0.755. The third kappa shape index (κ3) is 1.85. The topological polar surface area (TPSA) is 0 Å². The number of halogens is 3. The Labute approximate surface area is 74.7 Å². The lowest BCUT2D eigenvalue weighted by atomic mass is 10.4. The van der Waals surface area contributed by atoms with Crippen molar-refractivity contribution in [2.24, 2.45) is 0 Å². The lowest BCUT2D eigenvalue weighted by Gasteiger charge is -1.93. The highest BCUT2D eigenvalue weighted by Crippen LogP contribution is 2.24. The molecule has 0 unspecified atom stereocenters. The average molecular weight is 228 g/mol. The summed E-state index contributed by atoms with van der Waals surface area (Å²) in [6.07, 6.45) is 0. The molecule has 0 saturated heterocycles. The molecular formula is C6H3BrCl2. The summed E-state index contributed by atoms with van der Waals surface area (Å²) >= 11 is 14.3. The minimum absolute atomic E-state index is 0.0594. The van der Waals surface area contributed by atoms with Gasteiger partial charge in [-0.3, -0.25) is 0 Å².